The zero-order valence-corrected chi connectivity index (χ0v) is 12.2. The molecule has 0 unspecified atom stereocenters. The zero-order chi connectivity index (χ0) is 15.1. The van der Waals surface area contributed by atoms with Gasteiger partial charge in [-0.25, -0.2) is 9.37 Å². The van der Waals surface area contributed by atoms with Gasteiger partial charge in [-0.05, 0) is 24.1 Å². The standard InChI is InChI=1S/C14H19FN6/c1-16-14(18-9-13-19-10-20-21(13)2)17-8-7-11-3-5-12(15)6-4-11/h3-6,10H,7-9H2,1-2H3,(H2,16,17,18). The highest BCUT2D eigenvalue weighted by atomic mass is 19.1. The van der Waals surface area contributed by atoms with Gasteiger partial charge in [0, 0.05) is 20.6 Å². The number of benzene rings is 1. The number of nitrogens with zero attached hydrogens (tertiary/aromatic N) is 4. The summed E-state index contributed by atoms with van der Waals surface area (Å²) in [5.41, 5.74) is 1.08. The van der Waals surface area contributed by atoms with Gasteiger partial charge in [-0.3, -0.25) is 9.67 Å². The molecule has 0 saturated heterocycles. The van der Waals surface area contributed by atoms with Crippen LogP contribution < -0.4 is 10.6 Å². The molecule has 2 rings (SSSR count). The summed E-state index contributed by atoms with van der Waals surface area (Å²) in [6.07, 6.45) is 2.31. The molecule has 0 amide bonds. The summed E-state index contributed by atoms with van der Waals surface area (Å²) in [4.78, 5) is 8.27. The molecule has 0 aliphatic carbocycles. The Hall–Kier alpha value is -2.44. The van der Waals surface area contributed by atoms with Gasteiger partial charge in [0.1, 0.15) is 18.0 Å². The molecule has 0 saturated carbocycles. The second-order valence-corrected chi connectivity index (χ2v) is 4.53. The highest BCUT2D eigenvalue weighted by Crippen LogP contribution is 2.02. The number of nitrogens with one attached hydrogen (secondary N) is 2. The lowest BCUT2D eigenvalue weighted by atomic mass is 10.1. The van der Waals surface area contributed by atoms with Crippen LogP contribution in [0.15, 0.2) is 35.6 Å². The molecule has 0 bridgehead atoms. The summed E-state index contributed by atoms with van der Waals surface area (Å²) in [7, 11) is 3.55. The van der Waals surface area contributed by atoms with Crippen molar-refractivity contribution < 1.29 is 4.39 Å². The van der Waals surface area contributed by atoms with Gasteiger partial charge in [0.25, 0.3) is 0 Å². The van der Waals surface area contributed by atoms with E-state index in [9.17, 15) is 4.39 Å². The average Bonchev–Trinajstić information content (AvgIpc) is 2.90. The molecule has 0 atom stereocenters. The third kappa shape index (κ3) is 4.55. The monoisotopic (exact) mass is 290 g/mol. The Morgan fingerprint density at radius 2 is 2.05 bits per heavy atom. The molecule has 0 aliphatic heterocycles. The fourth-order valence-electron chi connectivity index (χ4n) is 1.84. The van der Waals surface area contributed by atoms with E-state index in [2.05, 4.69) is 25.7 Å². The Labute approximate surface area is 123 Å². The predicted octanol–water partition coefficient (Wildman–Crippen LogP) is 0.862. The van der Waals surface area contributed by atoms with Crippen molar-refractivity contribution in [2.75, 3.05) is 13.6 Å². The van der Waals surface area contributed by atoms with E-state index in [-0.39, 0.29) is 5.82 Å². The van der Waals surface area contributed by atoms with Crippen molar-refractivity contribution in [2.24, 2.45) is 12.0 Å². The molecule has 2 aromatic rings. The zero-order valence-electron chi connectivity index (χ0n) is 12.2. The second kappa shape index (κ2) is 7.37. The number of rotatable bonds is 5. The van der Waals surface area contributed by atoms with Crippen molar-refractivity contribution in [1.29, 1.82) is 0 Å². The maximum Gasteiger partial charge on any atom is 0.191 e. The van der Waals surface area contributed by atoms with Gasteiger partial charge in [0.15, 0.2) is 5.96 Å². The van der Waals surface area contributed by atoms with Crippen LogP contribution in [0.4, 0.5) is 4.39 Å². The lowest BCUT2D eigenvalue weighted by molar-refractivity contribution is 0.626. The Balaban J connectivity index is 1.75. The molecule has 0 fully saturated rings. The molecule has 6 nitrogen and oxygen atoms in total. The number of guanidine groups is 1. The van der Waals surface area contributed by atoms with Gasteiger partial charge in [-0.15, -0.1) is 0 Å². The van der Waals surface area contributed by atoms with E-state index in [1.54, 1.807) is 23.9 Å². The Kier molecular flexibility index (Phi) is 5.25. The third-order valence-electron chi connectivity index (χ3n) is 3.06. The van der Waals surface area contributed by atoms with E-state index >= 15 is 0 Å². The Morgan fingerprint density at radius 3 is 2.67 bits per heavy atom. The molecule has 0 spiro atoms. The highest BCUT2D eigenvalue weighted by molar-refractivity contribution is 5.79. The average molecular weight is 290 g/mol. The molecule has 7 heteroatoms. The van der Waals surface area contributed by atoms with Gasteiger partial charge in [0.2, 0.25) is 0 Å². The smallest absolute Gasteiger partial charge is 0.191 e. The van der Waals surface area contributed by atoms with Crippen LogP contribution in [0.2, 0.25) is 0 Å². The molecule has 0 aliphatic rings. The predicted molar refractivity (Wildman–Crippen MR) is 79.3 cm³/mol. The summed E-state index contributed by atoms with van der Waals surface area (Å²) in [6.45, 7) is 1.26. The third-order valence-corrected chi connectivity index (χ3v) is 3.06. The number of halogens is 1. The summed E-state index contributed by atoms with van der Waals surface area (Å²) in [5, 5.41) is 10.4. The van der Waals surface area contributed by atoms with Crippen LogP contribution in [0.1, 0.15) is 11.4 Å². The number of aliphatic imine (C=N–C) groups is 1. The van der Waals surface area contributed by atoms with Crippen LogP contribution in [-0.4, -0.2) is 34.3 Å². The van der Waals surface area contributed by atoms with Crippen molar-refractivity contribution in [1.82, 2.24) is 25.4 Å². The summed E-state index contributed by atoms with van der Waals surface area (Å²) in [5.74, 6) is 1.31. The fourth-order valence-corrected chi connectivity index (χ4v) is 1.84. The maximum absolute atomic E-state index is 12.8. The molecule has 112 valence electrons. The van der Waals surface area contributed by atoms with Gasteiger partial charge < -0.3 is 10.6 Å². The lowest BCUT2D eigenvalue weighted by Crippen LogP contribution is -2.38. The Morgan fingerprint density at radius 1 is 1.29 bits per heavy atom. The van der Waals surface area contributed by atoms with Crippen molar-refractivity contribution in [3.05, 3.63) is 47.8 Å². The number of aromatic nitrogens is 3. The highest BCUT2D eigenvalue weighted by Gasteiger charge is 2.02. The van der Waals surface area contributed by atoms with Gasteiger partial charge in [-0.2, -0.15) is 5.10 Å². The van der Waals surface area contributed by atoms with Crippen LogP contribution in [0, 0.1) is 5.82 Å². The van der Waals surface area contributed by atoms with E-state index in [4.69, 9.17) is 0 Å². The summed E-state index contributed by atoms with van der Waals surface area (Å²) in [6, 6.07) is 6.51. The first-order chi connectivity index (χ1) is 10.2. The first-order valence-electron chi connectivity index (χ1n) is 6.71. The van der Waals surface area contributed by atoms with Gasteiger partial charge in [-0.1, -0.05) is 12.1 Å². The van der Waals surface area contributed by atoms with E-state index < -0.39 is 0 Å². The quantitative estimate of drug-likeness (QED) is 0.633. The van der Waals surface area contributed by atoms with Crippen LogP contribution in [0.5, 0.6) is 0 Å². The SMILES string of the molecule is CN=C(NCCc1ccc(F)cc1)NCc1ncnn1C. The summed E-state index contributed by atoms with van der Waals surface area (Å²) >= 11 is 0. The van der Waals surface area contributed by atoms with E-state index in [1.807, 2.05) is 7.05 Å². The van der Waals surface area contributed by atoms with E-state index in [0.29, 0.717) is 19.0 Å². The minimum Gasteiger partial charge on any atom is -0.356 e. The fraction of sp³-hybridized carbons (Fsp3) is 0.357. The largest absolute Gasteiger partial charge is 0.356 e. The molecule has 1 aromatic carbocycles. The van der Waals surface area contributed by atoms with Crippen LogP contribution in [0.25, 0.3) is 0 Å². The lowest BCUT2D eigenvalue weighted by Gasteiger charge is -2.11. The Bertz CT molecular complexity index is 590. The molecule has 21 heavy (non-hydrogen) atoms. The maximum atomic E-state index is 12.8. The second-order valence-electron chi connectivity index (χ2n) is 4.53. The molecular formula is C14H19FN6. The van der Waals surface area contributed by atoms with Crippen LogP contribution >= 0.6 is 0 Å². The molecule has 2 N–H and O–H groups in total. The minimum atomic E-state index is -0.215. The van der Waals surface area contributed by atoms with Gasteiger partial charge >= 0.3 is 0 Å². The van der Waals surface area contributed by atoms with Gasteiger partial charge in [0.05, 0.1) is 6.54 Å². The topological polar surface area (TPSA) is 67.1 Å². The number of aryl methyl sites for hydroxylation is 1. The minimum absolute atomic E-state index is 0.215. The number of hydrogen-bond acceptors (Lipinski definition) is 3. The van der Waals surface area contributed by atoms with Crippen molar-refractivity contribution >= 4 is 5.96 Å². The first kappa shape index (κ1) is 15.0. The van der Waals surface area contributed by atoms with Crippen LogP contribution in [-0.2, 0) is 20.0 Å². The number of hydrogen-bond donors (Lipinski definition) is 2. The van der Waals surface area contributed by atoms with E-state index in [0.717, 1.165) is 17.8 Å². The summed E-state index contributed by atoms with van der Waals surface area (Å²) < 4.78 is 14.5. The molecule has 0 radical (unpaired) electrons. The van der Waals surface area contributed by atoms with E-state index in [1.165, 1.54) is 18.5 Å². The molecule has 1 aromatic heterocycles. The molecular weight excluding hydrogens is 271 g/mol. The molecule has 1 heterocycles. The van der Waals surface area contributed by atoms with Crippen molar-refractivity contribution in [3.63, 3.8) is 0 Å². The van der Waals surface area contributed by atoms with Crippen molar-refractivity contribution in [2.45, 2.75) is 13.0 Å². The van der Waals surface area contributed by atoms with Crippen LogP contribution in [0.3, 0.4) is 0 Å². The van der Waals surface area contributed by atoms with Crippen molar-refractivity contribution in [3.8, 4) is 0 Å². The normalized spacial score (nSPS) is 11.5. The first-order valence-corrected chi connectivity index (χ1v) is 6.71.